The number of aliphatic imine (C=N–C) groups is 1. The Labute approximate surface area is 190 Å². The molecule has 1 saturated heterocycles. The molecule has 1 aromatic heterocycles. The van der Waals surface area contributed by atoms with Crippen LogP contribution in [0.15, 0.2) is 33.7 Å². The van der Waals surface area contributed by atoms with Gasteiger partial charge in [-0.25, -0.2) is 4.98 Å². The second-order valence-corrected chi connectivity index (χ2v) is 7.35. The van der Waals surface area contributed by atoms with Crippen LogP contribution in [0.5, 0.6) is 0 Å². The van der Waals surface area contributed by atoms with Gasteiger partial charge in [-0.3, -0.25) is 9.89 Å². The SMILES string of the molecule is CN=C(NCc1ccc(CN2CCC(O)CC2)cc1)NCc1nc(C)c(C)o1.I. The standard InChI is InChI=1S/C21H31N5O2.HI/c1-15-16(2)28-20(25-15)13-24-21(22-3)23-12-17-4-6-18(7-5-17)14-26-10-8-19(27)9-11-26;/h4-7,19,27H,8-14H2,1-3H3,(H2,22,23,24);1H. The lowest BCUT2D eigenvalue weighted by Gasteiger charge is -2.29. The molecule has 8 heteroatoms. The first kappa shape index (κ1) is 23.6. The molecule has 1 fully saturated rings. The fourth-order valence-corrected chi connectivity index (χ4v) is 3.28. The molecule has 0 atom stereocenters. The van der Waals surface area contributed by atoms with E-state index in [1.807, 2.05) is 13.8 Å². The number of aliphatic hydroxyl groups excluding tert-OH is 1. The van der Waals surface area contributed by atoms with Gasteiger partial charge in [0.05, 0.1) is 18.3 Å². The van der Waals surface area contributed by atoms with Gasteiger partial charge in [-0.05, 0) is 37.8 Å². The molecule has 1 aliphatic rings. The van der Waals surface area contributed by atoms with E-state index in [0.29, 0.717) is 24.9 Å². The van der Waals surface area contributed by atoms with Gasteiger partial charge in [0.1, 0.15) is 5.76 Å². The third-order valence-corrected chi connectivity index (χ3v) is 5.15. The quantitative estimate of drug-likeness (QED) is 0.313. The molecule has 2 aromatic rings. The zero-order chi connectivity index (χ0) is 19.9. The fourth-order valence-electron chi connectivity index (χ4n) is 3.28. The molecule has 0 bridgehead atoms. The Kier molecular flexibility index (Phi) is 9.38. The van der Waals surface area contributed by atoms with Crippen LogP contribution in [0.1, 0.15) is 41.3 Å². The summed E-state index contributed by atoms with van der Waals surface area (Å²) in [7, 11) is 1.75. The zero-order valence-corrected chi connectivity index (χ0v) is 19.8. The van der Waals surface area contributed by atoms with Crippen molar-refractivity contribution in [2.45, 2.75) is 52.4 Å². The van der Waals surface area contributed by atoms with E-state index < -0.39 is 0 Å². The molecule has 1 aliphatic heterocycles. The molecule has 0 spiro atoms. The number of guanidine groups is 1. The number of piperidine rings is 1. The Balaban J connectivity index is 0.00000300. The Morgan fingerprint density at radius 1 is 1.14 bits per heavy atom. The summed E-state index contributed by atoms with van der Waals surface area (Å²) in [6, 6.07) is 8.65. The average molecular weight is 513 g/mol. The molecule has 0 radical (unpaired) electrons. The minimum Gasteiger partial charge on any atom is -0.444 e. The smallest absolute Gasteiger partial charge is 0.214 e. The molecule has 1 aromatic carbocycles. The van der Waals surface area contributed by atoms with Crippen molar-refractivity contribution in [1.29, 1.82) is 0 Å². The van der Waals surface area contributed by atoms with Gasteiger partial charge in [0.15, 0.2) is 5.96 Å². The van der Waals surface area contributed by atoms with Gasteiger partial charge in [0, 0.05) is 33.2 Å². The highest BCUT2D eigenvalue weighted by Gasteiger charge is 2.16. The first-order valence-electron chi connectivity index (χ1n) is 9.89. The van der Waals surface area contributed by atoms with E-state index in [1.54, 1.807) is 7.05 Å². The second-order valence-electron chi connectivity index (χ2n) is 7.35. The number of hydrogen-bond donors (Lipinski definition) is 3. The number of halogens is 1. The maximum atomic E-state index is 9.61. The minimum atomic E-state index is -0.121. The van der Waals surface area contributed by atoms with Gasteiger partial charge in [-0.2, -0.15) is 0 Å². The molecule has 0 aliphatic carbocycles. The van der Waals surface area contributed by atoms with Crippen LogP contribution >= 0.6 is 24.0 Å². The summed E-state index contributed by atoms with van der Waals surface area (Å²) < 4.78 is 5.58. The van der Waals surface area contributed by atoms with Gasteiger partial charge in [-0.1, -0.05) is 24.3 Å². The van der Waals surface area contributed by atoms with Crippen LogP contribution in [0, 0.1) is 13.8 Å². The highest BCUT2D eigenvalue weighted by Crippen LogP contribution is 2.14. The molecule has 29 heavy (non-hydrogen) atoms. The summed E-state index contributed by atoms with van der Waals surface area (Å²) in [5.74, 6) is 2.22. The Bertz CT molecular complexity index is 763. The lowest BCUT2D eigenvalue weighted by Crippen LogP contribution is -2.36. The zero-order valence-electron chi connectivity index (χ0n) is 17.4. The highest BCUT2D eigenvalue weighted by molar-refractivity contribution is 14.0. The first-order chi connectivity index (χ1) is 13.5. The van der Waals surface area contributed by atoms with Crippen molar-refractivity contribution in [3.05, 3.63) is 52.7 Å². The van der Waals surface area contributed by atoms with E-state index >= 15 is 0 Å². The van der Waals surface area contributed by atoms with Crippen LogP contribution in [-0.2, 0) is 19.6 Å². The summed E-state index contributed by atoms with van der Waals surface area (Å²) in [4.78, 5) is 11.0. The van der Waals surface area contributed by atoms with E-state index in [9.17, 15) is 5.11 Å². The second kappa shape index (κ2) is 11.5. The largest absolute Gasteiger partial charge is 0.444 e. The summed E-state index contributed by atoms with van der Waals surface area (Å²) in [5.41, 5.74) is 3.42. The van der Waals surface area contributed by atoms with Gasteiger partial charge in [0.25, 0.3) is 0 Å². The number of likely N-dealkylation sites (tertiary alicyclic amines) is 1. The van der Waals surface area contributed by atoms with E-state index in [4.69, 9.17) is 4.42 Å². The van der Waals surface area contributed by atoms with Crippen LogP contribution in [0.25, 0.3) is 0 Å². The molecule has 0 unspecified atom stereocenters. The van der Waals surface area contributed by atoms with Crippen LogP contribution in [-0.4, -0.2) is 47.2 Å². The average Bonchev–Trinajstić information content (AvgIpc) is 3.02. The van der Waals surface area contributed by atoms with Gasteiger partial charge in [0.2, 0.25) is 5.89 Å². The fraction of sp³-hybridized carbons (Fsp3) is 0.524. The number of aromatic nitrogens is 1. The molecule has 0 saturated carbocycles. The molecule has 160 valence electrons. The van der Waals surface area contributed by atoms with Crippen LogP contribution in [0.4, 0.5) is 0 Å². The van der Waals surface area contributed by atoms with E-state index in [1.165, 1.54) is 11.1 Å². The summed E-state index contributed by atoms with van der Waals surface area (Å²) >= 11 is 0. The Morgan fingerprint density at radius 2 is 1.76 bits per heavy atom. The Morgan fingerprint density at radius 3 is 2.34 bits per heavy atom. The van der Waals surface area contributed by atoms with Crippen molar-refractivity contribution >= 4 is 29.9 Å². The Hall–Kier alpha value is -1.65. The third-order valence-electron chi connectivity index (χ3n) is 5.15. The normalized spacial score (nSPS) is 15.8. The van der Waals surface area contributed by atoms with Crippen molar-refractivity contribution in [1.82, 2.24) is 20.5 Å². The summed E-state index contributed by atoms with van der Waals surface area (Å²) in [6.45, 7) is 7.92. The van der Waals surface area contributed by atoms with Gasteiger partial charge in [-0.15, -0.1) is 24.0 Å². The number of aliphatic hydroxyl groups is 1. The third kappa shape index (κ3) is 7.27. The van der Waals surface area contributed by atoms with Crippen molar-refractivity contribution in [2.24, 2.45) is 4.99 Å². The van der Waals surface area contributed by atoms with Crippen molar-refractivity contribution in [3.63, 3.8) is 0 Å². The highest BCUT2D eigenvalue weighted by atomic mass is 127. The maximum Gasteiger partial charge on any atom is 0.214 e. The lowest BCUT2D eigenvalue weighted by atomic mass is 10.1. The number of aryl methyl sites for hydroxylation is 2. The number of benzene rings is 1. The molecular weight excluding hydrogens is 481 g/mol. The molecule has 0 amide bonds. The lowest BCUT2D eigenvalue weighted by molar-refractivity contribution is 0.0792. The van der Waals surface area contributed by atoms with Gasteiger partial charge >= 0.3 is 0 Å². The molecular formula is C21H32IN5O2. The molecule has 3 rings (SSSR count). The van der Waals surface area contributed by atoms with Crippen molar-refractivity contribution < 1.29 is 9.52 Å². The predicted molar refractivity (Wildman–Crippen MR) is 125 cm³/mol. The first-order valence-corrected chi connectivity index (χ1v) is 9.89. The molecule has 3 N–H and O–H groups in total. The molecule has 7 nitrogen and oxygen atoms in total. The summed E-state index contributed by atoms with van der Waals surface area (Å²) in [6.07, 6.45) is 1.63. The number of nitrogens with one attached hydrogen (secondary N) is 2. The number of nitrogens with zero attached hydrogens (tertiary/aromatic N) is 3. The van der Waals surface area contributed by atoms with Crippen LogP contribution in [0.2, 0.25) is 0 Å². The topological polar surface area (TPSA) is 85.9 Å². The number of oxazole rings is 1. The van der Waals surface area contributed by atoms with E-state index in [-0.39, 0.29) is 30.1 Å². The maximum absolute atomic E-state index is 9.61. The number of hydrogen-bond acceptors (Lipinski definition) is 5. The number of rotatable bonds is 6. The van der Waals surface area contributed by atoms with Gasteiger partial charge < -0.3 is 20.2 Å². The van der Waals surface area contributed by atoms with Crippen LogP contribution < -0.4 is 10.6 Å². The van der Waals surface area contributed by atoms with Crippen molar-refractivity contribution in [2.75, 3.05) is 20.1 Å². The van der Waals surface area contributed by atoms with Crippen molar-refractivity contribution in [3.8, 4) is 0 Å². The van der Waals surface area contributed by atoms with E-state index in [2.05, 4.69) is 49.8 Å². The van der Waals surface area contributed by atoms with E-state index in [0.717, 1.165) is 43.9 Å². The monoisotopic (exact) mass is 513 g/mol. The predicted octanol–water partition coefficient (Wildman–Crippen LogP) is 2.73. The minimum absolute atomic E-state index is 0. The molecule has 2 heterocycles. The summed E-state index contributed by atoms with van der Waals surface area (Å²) in [5, 5.41) is 16.1. The van der Waals surface area contributed by atoms with Crippen LogP contribution in [0.3, 0.4) is 0 Å².